The number of rotatable bonds is 10. The van der Waals surface area contributed by atoms with E-state index in [0.29, 0.717) is 12.5 Å². The molecular formula is C11H26N2O2S. The highest BCUT2D eigenvalue weighted by atomic mass is 32.2. The first-order valence-corrected chi connectivity index (χ1v) is 7.85. The SMILES string of the molecule is CCCC(C)CNCCCNS(=O)(=O)CC. The van der Waals surface area contributed by atoms with Crippen LogP contribution in [-0.4, -0.2) is 33.8 Å². The first kappa shape index (κ1) is 15.9. The Balaban J connectivity index is 3.34. The lowest BCUT2D eigenvalue weighted by Crippen LogP contribution is -2.29. The molecule has 0 amide bonds. The molecule has 0 radical (unpaired) electrons. The van der Waals surface area contributed by atoms with Crippen molar-refractivity contribution in [1.82, 2.24) is 10.0 Å². The van der Waals surface area contributed by atoms with Crippen LogP contribution in [0.2, 0.25) is 0 Å². The van der Waals surface area contributed by atoms with Crippen molar-refractivity contribution in [3.8, 4) is 0 Å². The van der Waals surface area contributed by atoms with Gasteiger partial charge in [-0.05, 0) is 38.8 Å². The van der Waals surface area contributed by atoms with Crippen LogP contribution in [0.5, 0.6) is 0 Å². The van der Waals surface area contributed by atoms with Crippen LogP contribution < -0.4 is 10.0 Å². The largest absolute Gasteiger partial charge is 0.316 e. The fourth-order valence-electron chi connectivity index (χ4n) is 1.49. The Morgan fingerprint density at radius 2 is 1.88 bits per heavy atom. The van der Waals surface area contributed by atoms with E-state index in [1.54, 1.807) is 6.92 Å². The van der Waals surface area contributed by atoms with Gasteiger partial charge in [-0.2, -0.15) is 0 Å². The number of hydrogen-bond acceptors (Lipinski definition) is 3. The molecule has 5 heteroatoms. The summed E-state index contributed by atoms with van der Waals surface area (Å²) in [6.07, 6.45) is 3.31. The van der Waals surface area contributed by atoms with Crippen LogP contribution in [0.15, 0.2) is 0 Å². The Kier molecular flexibility index (Phi) is 8.89. The molecule has 0 aliphatic heterocycles. The summed E-state index contributed by atoms with van der Waals surface area (Å²) < 4.78 is 24.7. The highest BCUT2D eigenvalue weighted by Gasteiger charge is 2.04. The van der Waals surface area contributed by atoms with Crippen molar-refractivity contribution in [2.45, 2.75) is 40.0 Å². The van der Waals surface area contributed by atoms with Crippen molar-refractivity contribution >= 4 is 10.0 Å². The van der Waals surface area contributed by atoms with Gasteiger partial charge in [-0.3, -0.25) is 0 Å². The lowest BCUT2D eigenvalue weighted by molar-refractivity contribution is 0.472. The first-order chi connectivity index (χ1) is 7.52. The number of nitrogens with one attached hydrogen (secondary N) is 2. The molecule has 1 unspecified atom stereocenters. The molecule has 0 bridgehead atoms. The second kappa shape index (κ2) is 8.96. The van der Waals surface area contributed by atoms with Crippen LogP contribution in [-0.2, 0) is 10.0 Å². The van der Waals surface area contributed by atoms with Gasteiger partial charge in [-0.1, -0.05) is 20.3 Å². The van der Waals surface area contributed by atoms with Crippen molar-refractivity contribution in [1.29, 1.82) is 0 Å². The molecule has 0 saturated heterocycles. The van der Waals surface area contributed by atoms with Crippen LogP contribution in [0, 0.1) is 5.92 Å². The Morgan fingerprint density at radius 1 is 1.19 bits per heavy atom. The Labute approximate surface area is 100 Å². The van der Waals surface area contributed by atoms with Crippen LogP contribution in [0.25, 0.3) is 0 Å². The molecule has 16 heavy (non-hydrogen) atoms. The van der Waals surface area contributed by atoms with E-state index in [2.05, 4.69) is 23.9 Å². The van der Waals surface area contributed by atoms with E-state index in [0.717, 1.165) is 19.5 Å². The van der Waals surface area contributed by atoms with Crippen molar-refractivity contribution in [3.63, 3.8) is 0 Å². The number of sulfonamides is 1. The Morgan fingerprint density at radius 3 is 2.44 bits per heavy atom. The normalized spacial score (nSPS) is 13.9. The van der Waals surface area contributed by atoms with Crippen molar-refractivity contribution < 1.29 is 8.42 Å². The number of hydrogen-bond donors (Lipinski definition) is 2. The highest BCUT2D eigenvalue weighted by Crippen LogP contribution is 2.02. The molecule has 0 aromatic heterocycles. The lowest BCUT2D eigenvalue weighted by Gasteiger charge is -2.11. The topological polar surface area (TPSA) is 58.2 Å². The van der Waals surface area contributed by atoms with E-state index >= 15 is 0 Å². The third-order valence-corrected chi connectivity index (χ3v) is 3.91. The lowest BCUT2D eigenvalue weighted by atomic mass is 10.1. The van der Waals surface area contributed by atoms with E-state index in [-0.39, 0.29) is 5.75 Å². The molecule has 0 aromatic carbocycles. The molecule has 0 fully saturated rings. The van der Waals surface area contributed by atoms with E-state index in [1.807, 2.05) is 0 Å². The summed E-state index contributed by atoms with van der Waals surface area (Å²) in [5.74, 6) is 0.867. The molecular weight excluding hydrogens is 224 g/mol. The standard InChI is InChI=1S/C11H26N2O2S/c1-4-7-11(3)10-12-8-6-9-13-16(14,15)5-2/h11-13H,4-10H2,1-3H3. The second-order valence-electron chi connectivity index (χ2n) is 4.25. The predicted molar refractivity (Wildman–Crippen MR) is 69.0 cm³/mol. The van der Waals surface area contributed by atoms with Crippen molar-refractivity contribution in [2.24, 2.45) is 5.92 Å². The van der Waals surface area contributed by atoms with Crippen LogP contribution >= 0.6 is 0 Å². The maximum absolute atomic E-state index is 11.1. The zero-order valence-corrected chi connectivity index (χ0v) is 11.6. The minimum atomic E-state index is -3.01. The van der Waals surface area contributed by atoms with Gasteiger partial charge < -0.3 is 5.32 Å². The Hall–Kier alpha value is -0.130. The Bertz CT molecular complexity index is 253. The monoisotopic (exact) mass is 250 g/mol. The molecule has 0 rings (SSSR count). The van der Waals surface area contributed by atoms with Gasteiger partial charge in [0.15, 0.2) is 0 Å². The zero-order valence-electron chi connectivity index (χ0n) is 10.8. The highest BCUT2D eigenvalue weighted by molar-refractivity contribution is 7.89. The predicted octanol–water partition coefficient (Wildman–Crippen LogP) is 1.34. The minimum absolute atomic E-state index is 0.161. The van der Waals surface area contributed by atoms with Gasteiger partial charge in [0.05, 0.1) is 5.75 Å². The van der Waals surface area contributed by atoms with Gasteiger partial charge in [-0.25, -0.2) is 13.1 Å². The van der Waals surface area contributed by atoms with Crippen LogP contribution in [0.4, 0.5) is 0 Å². The summed E-state index contributed by atoms with van der Waals surface area (Å²) in [6.45, 7) is 8.50. The van der Waals surface area contributed by atoms with Crippen LogP contribution in [0.3, 0.4) is 0 Å². The molecule has 0 aliphatic rings. The quantitative estimate of drug-likeness (QED) is 0.575. The van der Waals surface area contributed by atoms with Gasteiger partial charge in [0.25, 0.3) is 0 Å². The van der Waals surface area contributed by atoms with Gasteiger partial charge >= 0.3 is 0 Å². The fraction of sp³-hybridized carbons (Fsp3) is 1.00. The summed E-state index contributed by atoms with van der Waals surface area (Å²) >= 11 is 0. The zero-order chi connectivity index (χ0) is 12.4. The summed E-state index contributed by atoms with van der Waals surface area (Å²) in [7, 11) is -3.01. The molecule has 1 atom stereocenters. The molecule has 2 N–H and O–H groups in total. The summed E-state index contributed by atoms with van der Waals surface area (Å²) in [4.78, 5) is 0. The van der Waals surface area contributed by atoms with Gasteiger partial charge in [-0.15, -0.1) is 0 Å². The average molecular weight is 250 g/mol. The summed E-state index contributed by atoms with van der Waals surface area (Å²) in [6, 6.07) is 0. The third-order valence-electron chi connectivity index (χ3n) is 2.51. The minimum Gasteiger partial charge on any atom is -0.316 e. The van der Waals surface area contributed by atoms with Crippen molar-refractivity contribution in [2.75, 3.05) is 25.4 Å². The molecule has 4 nitrogen and oxygen atoms in total. The second-order valence-corrected chi connectivity index (χ2v) is 6.34. The fourth-order valence-corrected chi connectivity index (χ4v) is 2.15. The van der Waals surface area contributed by atoms with E-state index in [1.165, 1.54) is 12.8 Å². The van der Waals surface area contributed by atoms with Gasteiger partial charge in [0, 0.05) is 6.54 Å². The van der Waals surface area contributed by atoms with Crippen LogP contribution in [0.1, 0.15) is 40.0 Å². The maximum atomic E-state index is 11.1. The maximum Gasteiger partial charge on any atom is 0.211 e. The third kappa shape index (κ3) is 9.12. The summed E-state index contributed by atoms with van der Waals surface area (Å²) in [5.41, 5.74) is 0. The molecule has 0 spiro atoms. The molecule has 0 heterocycles. The van der Waals surface area contributed by atoms with E-state index < -0.39 is 10.0 Å². The van der Waals surface area contributed by atoms with Gasteiger partial charge in [0.2, 0.25) is 10.0 Å². The van der Waals surface area contributed by atoms with Gasteiger partial charge in [0.1, 0.15) is 0 Å². The van der Waals surface area contributed by atoms with E-state index in [4.69, 9.17) is 0 Å². The van der Waals surface area contributed by atoms with Crippen molar-refractivity contribution in [3.05, 3.63) is 0 Å². The summed E-state index contributed by atoms with van der Waals surface area (Å²) in [5, 5.41) is 3.34. The van der Waals surface area contributed by atoms with E-state index in [9.17, 15) is 8.42 Å². The first-order valence-electron chi connectivity index (χ1n) is 6.19. The molecule has 98 valence electrons. The molecule has 0 aromatic rings. The smallest absolute Gasteiger partial charge is 0.211 e. The average Bonchev–Trinajstić information content (AvgIpc) is 2.23. The molecule has 0 saturated carbocycles. The molecule has 0 aliphatic carbocycles.